The number of carbonyl (C=O) groups excluding carboxylic acids is 1. The number of allylic oxidation sites excluding steroid dienone is 2. The minimum absolute atomic E-state index is 0.225. The molecule has 0 aromatic carbocycles. The molecule has 1 aliphatic rings. The summed E-state index contributed by atoms with van der Waals surface area (Å²) in [5.41, 5.74) is 0.225. The Bertz CT molecular complexity index is 198. The van der Waals surface area contributed by atoms with Gasteiger partial charge >= 0.3 is 0 Å². The van der Waals surface area contributed by atoms with Crippen LogP contribution in [0.5, 0.6) is 0 Å². The van der Waals surface area contributed by atoms with Gasteiger partial charge in [0.2, 0.25) is 0 Å². The Morgan fingerprint density at radius 2 is 2.42 bits per heavy atom. The summed E-state index contributed by atoms with van der Waals surface area (Å²) in [6.07, 6.45) is 7.59. The zero-order chi connectivity index (χ0) is 9.03. The van der Waals surface area contributed by atoms with Gasteiger partial charge in [-0.3, -0.25) is 4.79 Å². The zero-order valence-electron chi connectivity index (χ0n) is 7.48. The van der Waals surface area contributed by atoms with Crippen molar-refractivity contribution in [3.63, 3.8) is 0 Å². The van der Waals surface area contributed by atoms with Crippen LogP contribution in [-0.2, 0) is 4.79 Å². The fourth-order valence-corrected chi connectivity index (χ4v) is 1.68. The van der Waals surface area contributed by atoms with E-state index in [1.807, 2.05) is 6.08 Å². The minimum Gasteiger partial charge on any atom is -0.295 e. The Hall–Kier alpha value is -0.300. The lowest BCUT2D eigenvalue weighted by atomic mass is 9.77. The van der Waals surface area contributed by atoms with Crippen LogP contribution in [-0.4, -0.2) is 11.7 Å². The second kappa shape index (κ2) is 4.08. The highest BCUT2D eigenvalue weighted by molar-refractivity contribution is 6.17. The van der Waals surface area contributed by atoms with Crippen LogP contribution < -0.4 is 0 Å². The fraction of sp³-hybridized carbons (Fsp3) is 0.700. The zero-order valence-corrected chi connectivity index (χ0v) is 8.23. The summed E-state index contributed by atoms with van der Waals surface area (Å²) in [5.74, 6) is 0.982. The summed E-state index contributed by atoms with van der Waals surface area (Å²) in [4.78, 5) is 10.9. The first-order valence-electron chi connectivity index (χ1n) is 4.44. The number of carbonyl (C=O) groups is 1. The second-order valence-corrected chi connectivity index (χ2v) is 4.12. The normalized spacial score (nSPS) is 29.3. The smallest absolute Gasteiger partial charge is 0.155 e. The van der Waals surface area contributed by atoms with Crippen LogP contribution in [0.1, 0.15) is 32.6 Å². The van der Waals surface area contributed by atoms with Crippen molar-refractivity contribution in [1.29, 1.82) is 0 Å². The van der Waals surface area contributed by atoms with Gasteiger partial charge in [-0.2, -0.15) is 0 Å². The molecule has 12 heavy (non-hydrogen) atoms. The highest BCUT2D eigenvalue weighted by atomic mass is 35.5. The number of halogens is 1. The van der Waals surface area contributed by atoms with E-state index in [4.69, 9.17) is 11.6 Å². The topological polar surface area (TPSA) is 17.1 Å². The van der Waals surface area contributed by atoms with Crippen LogP contribution in [0.2, 0.25) is 0 Å². The predicted octanol–water partition coefficient (Wildman–Crippen LogP) is 2.93. The lowest BCUT2D eigenvalue weighted by molar-refractivity contribution is -0.115. The molecule has 0 N–H and O–H groups in total. The molecule has 2 heteroatoms. The van der Waals surface area contributed by atoms with E-state index in [1.54, 1.807) is 6.08 Å². The summed E-state index contributed by atoms with van der Waals surface area (Å²) >= 11 is 5.62. The SMILES string of the molecule is CC1(CCCCl)C=CC(=O)CC1. The van der Waals surface area contributed by atoms with Gasteiger partial charge in [0.25, 0.3) is 0 Å². The third kappa shape index (κ3) is 2.63. The molecule has 1 nitrogen and oxygen atoms in total. The molecule has 0 heterocycles. The van der Waals surface area contributed by atoms with E-state index in [1.165, 1.54) is 0 Å². The molecule has 0 amide bonds. The summed E-state index contributed by atoms with van der Waals surface area (Å²) < 4.78 is 0. The maximum absolute atomic E-state index is 10.9. The van der Waals surface area contributed by atoms with Crippen molar-refractivity contribution in [3.8, 4) is 0 Å². The molecule has 0 aromatic heterocycles. The van der Waals surface area contributed by atoms with Crippen molar-refractivity contribution in [2.24, 2.45) is 5.41 Å². The molecule has 68 valence electrons. The third-order valence-corrected chi connectivity index (χ3v) is 2.76. The summed E-state index contributed by atoms with van der Waals surface area (Å²) in [6, 6.07) is 0. The summed E-state index contributed by atoms with van der Waals surface area (Å²) in [5, 5.41) is 0. The highest BCUT2D eigenvalue weighted by Gasteiger charge is 2.24. The first-order valence-corrected chi connectivity index (χ1v) is 4.98. The summed E-state index contributed by atoms with van der Waals surface area (Å²) in [7, 11) is 0. The first kappa shape index (κ1) is 9.79. The molecule has 1 atom stereocenters. The lowest BCUT2D eigenvalue weighted by Gasteiger charge is -2.27. The fourth-order valence-electron chi connectivity index (χ4n) is 1.55. The van der Waals surface area contributed by atoms with Crippen molar-refractivity contribution >= 4 is 17.4 Å². The quantitative estimate of drug-likeness (QED) is 0.620. The van der Waals surface area contributed by atoms with E-state index in [0.717, 1.165) is 25.1 Å². The number of alkyl halides is 1. The van der Waals surface area contributed by atoms with Crippen molar-refractivity contribution in [2.45, 2.75) is 32.6 Å². The van der Waals surface area contributed by atoms with Crippen LogP contribution in [0, 0.1) is 5.41 Å². The van der Waals surface area contributed by atoms with E-state index in [9.17, 15) is 4.79 Å². The molecule has 0 spiro atoms. The van der Waals surface area contributed by atoms with Gasteiger partial charge in [-0.05, 0) is 30.8 Å². The number of hydrogen-bond donors (Lipinski definition) is 0. The van der Waals surface area contributed by atoms with Crippen molar-refractivity contribution in [1.82, 2.24) is 0 Å². The van der Waals surface area contributed by atoms with E-state index in [0.29, 0.717) is 6.42 Å². The van der Waals surface area contributed by atoms with Crippen LogP contribution in [0.3, 0.4) is 0 Å². The maximum atomic E-state index is 10.9. The van der Waals surface area contributed by atoms with Gasteiger partial charge < -0.3 is 0 Å². The van der Waals surface area contributed by atoms with Crippen LogP contribution >= 0.6 is 11.6 Å². The first-order chi connectivity index (χ1) is 5.66. The maximum Gasteiger partial charge on any atom is 0.155 e. The van der Waals surface area contributed by atoms with E-state index in [-0.39, 0.29) is 11.2 Å². The summed E-state index contributed by atoms with van der Waals surface area (Å²) in [6.45, 7) is 2.20. The van der Waals surface area contributed by atoms with Gasteiger partial charge in [-0.25, -0.2) is 0 Å². The van der Waals surface area contributed by atoms with Crippen molar-refractivity contribution < 1.29 is 4.79 Å². The van der Waals surface area contributed by atoms with E-state index >= 15 is 0 Å². The minimum atomic E-state index is 0.225. The highest BCUT2D eigenvalue weighted by Crippen LogP contribution is 2.33. The Morgan fingerprint density at radius 3 is 2.92 bits per heavy atom. The van der Waals surface area contributed by atoms with Gasteiger partial charge in [0, 0.05) is 12.3 Å². The monoisotopic (exact) mass is 186 g/mol. The molecule has 0 aliphatic heterocycles. The van der Waals surface area contributed by atoms with Gasteiger partial charge in [0.05, 0.1) is 0 Å². The molecule has 0 saturated heterocycles. The molecular formula is C10H15ClO. The molecule has 0 fully saturated rings. The van der Waals surface area contributed by atoms with E-state index in [2.05, 4.69) is 6.92 Å². The van der Waals surface area contributed by atoms with E-state index < -0.39 is 0 Å². The average molecular weight is 187 g/mol. The number of ketones is 1. The molecule has 0 bridgehead atoms. The molecule has 1 rings (SSSR count). The van der Waals surface area contributed by atoms with Crippen molar-refractivity contribution in [2.75, 3.05) is 5.88 Å². The Balaban J connectivity index is 2.49. The van der Waals surface area contributed by atoms with Crippen LogP contribution in [0.4, 0.5) is 0 Å². The molecule has 1 unspecified atom stereocenters. The predicted molar refractivity (Wildman–Crippen MR) is 51.4 cm³/mol. The molecule has 0 saturated carbocycles. The van der Waals surface area contributed by atoms with Gasteiger partial charge in [-0.15, -0.1) is 11.6 Å². The van der Waals surface area contributed by atoms with Gasteiger partial charge in [0.15, 0.2) is 5.78 Å². The third-order valence-electron chi connectivity index (χ3n) is 2.50. The van der Waals surface area contributed by atoms with Gasteiger partial charge in [-0.1, -0.05) is 13.0 Å². The van der Waals surface area contributed by atoms with Gasteiger partial charge in [0.1, 0.15) is 0 Å². The standard InChI is InChI=1S/C10H15ClO/c1-10(5-2-8-11)6-3-9(12)4-7-10/h3,6H,2,4-5,7-8H2,1H3. The lowest BCUT2D eigenvalue weighted by Crippen LogP contribution is -2.19. The molecule has 0 radical (unpaired) electrons. The number of rotatable bonds is 3. The van der Waals surface area contributed by atoms with Crippen LogP contribution in [0.25, 0.3) is 0 Å². The Morgan fingerprint density at radius 1 is 1.67 bits per heavy atom. The Labute approximate surface area is 78.8 Å². The molecule has 0 aromatic rings. The molecule has 1 aliphatic carbocycles. The molecular weight excluding hydrogens is 172 g/mol. The number of hydrogen-bond acceptors (Lipinski definition) is 1. The Kier molecular flexibility index (Phi) is 3.33. The largest absolute Gasteiger partial charge is 0.295 e. The van der Waals surface area contributed by atoms with Crippen LogP contribution in [0.15, 0.2) is 12.2 Å². The average Bonchev–Trinajstić information content (AvgIpc) is 2.08. The van der Waals surface area contributed by atoms with Crippen molar-refractivity contribution in [3.05, 3.63) is 12.2 Å². The second-order valence-electron chi connectivity index (χ2n) is 3.75.